The number of nitrogens with zero attached hydrogens (tertiary/aromatic N) is 2. The molecule has 1 aliphatic heterocycles. The van der Waals surface area contributed by atoms with Crippen LogP contribution in [0, 0.1) is 20.8 Å². The maximum Gasteiger partial charge on any atom is 0.354 e. The van der Waals surface area contributed by atoms with E-state index >= 15 is 0 Å². The molecule has 1 aromatic carbocycles. The second-order valence-corrected chi connectivity index (χ2v) is 8.55. The van der Waals surface area contributed by atoms with Crippen molar-refractivity contribution in [3.63, 3.8) is 0 Å². The summed E-state index contributed by atoms with van der Waals surface area (Å²) in [5.41, 5.74) is 3.30. The normalized spacial score (nSPS) is 17.6. The van der Waals surface area contributed by atoms with Gasteiger partial charge in [-0.05, 0) is 45.0 Å². The highest BCUT2D eigenvalue weighted by Crippen LogP contribution is 2.40. The quantitative estimate of drug-likeness (QED) is 0.267. The van der Waals surface area contributed by atoms with Crippen LogP contribution in [0.15, 0.2) is 29.8 Å². The minimum atomic E-state index is -0.734. The van der Waals surface area contributed by atoms with E-state index in [0.29, 0.717) is 29.9 Å². The number of amides is 1. The van der Waals surface area contributed by atoms with Crippen molar-refractivity contribution in [3.05, 3.63) is 63.5 Å². The van der Waals surface area contributed by atoms with E-state index in [-0.39, 0.29) is 17.0 Å². The van der Waals surface area contributed by atoms with Crippen LogP contribution in [0.4, 0.5) is 0 Å². The first-order valence-electron chi connectivity index (χ1n) is 11.5. The number of ether oxygens (including phenoxy) is 1. The molecule has 34 heavy (non-hydrogen) atoms. The van der Waals surface area contributed by atoms with Crippen LogP contribution in [0.5, 0.6) is 0 Å². The number of H-pyrrole nitrogens is 1. The van der Waals surface area contributed by atoms with Gasteiger partial charge in [-0.3, -0.25) is 9.59 Å². The van der Waals surface area contributed by atoms with Gasteiger partial charge in [0.1, 0.15) is 11.5 Å². The van der Waals surface area contributed by atoms with Crippen molar-refractivity contribution >= 4 is 23.4 Å². The summed E-state index contributed by atoms with van der Waals surface area (Å²) in [4.78, 5) is 45.2. The highest BCUT2D eigenvalue weighted by Gasteiger charge is 2.46. The molecule has 0 radical (unpaired) electrons. The average Bonchev–Trinajstić information content (AvgIpc) is 3.26. The number of carbonyl (C=O) groups is 3. The van der Waals surface area contributed by atoms with Crippen molar-refractivity contribution in [1.82, 2.24) is 14.8 Å². The van der Waals surface area contributed by atoms with E-state index in [1.807, 2.05) is 45.0 Å². The maximum atomic E-state index is 13.3. The van der Waals surface area contributed by atoms with Crippen molar-refractivity contribution in [1.29, 1.82) is 0 Å². The van der Waals surface area contributed by atoms with Crippen molar-refractivity contribution in [2.45, 2.75) is 40.7 Å². The van der Waals surface area contributed by atoms with Gasteiger partial charge in [0.15, 0.2) is 0 Å². The molecule has 2 aromatic rings. The van der Waals surface area contributed by atoms with Gasteiger partial charge in [0.25, 0.3) is 11.7 Å². The Hall–Kier alpha value is -3.39. The molecular formula is C26H33N3O5. The Labute approximate surface area is 200 Å². The van der Waals surface area contributed by atoms with Crippen LogP contribution in [0.1, 0.15) is 58.3 Å². The first kappa shape index (κ1) is 25.2. The molecule has 1 unspecified atom stereocenters. The molecule has 0 bridgehead atoms. The van der Waals surface area contributed by atoms with E-state index in [2.05, 4.69) is 9.88 Å². The molecule has 1 aliphatic rings. The summed E-state index contributed by atoms with van der Waals surface area (Å²) in [5, 5.41) is 11.4. The number of ketones is 1. The Morgan fingerprint density at radius 1 is 1.12 bits per heavy atom. The number of aromatic amines is 1. The van der Waals surface area contributed by atoms with E-state index in [1.165, 1.54) is 12.0 Å². The van der Waals surface area contributed by atoms with Gasteiger partial charge in [-0.25, -0.2) is 4.79 Å². The average molecular weight is 468 g/mol. The van der Waals surface area contributed by atoms with Crippen LogP contribution < -0.4 is 0 Å². The fraction of sp³-hybridized carbons (Fsp3) is 0.423. The zero-order valence-corrected chi connectivity index (χ0v) is 20.7. The largest absolute Gasteiger partial charge is 0.507 e. The first-order valence-corrected chi connectivity index (χ1v) is 11.5. The Balaban J connectivity index is 2.17. The van der Waals surface area contributed by atoms with Gasteiger partial charge in [0, 0.05) is 24.3 Å². The summed E-state index contributed by atoms with van der Waals surface area (Å²) in [6, 6.07) is 6.86. The molecule has 0 saturated carbocycles. The number of nitrogens with one attached hydrogen (secondary N) is 1. The zero-order valence-electron chi connectivity index (χ0n) is 20.7. The predicted molar refractivity (Wildman–Crippen MR) is 130 cm³/mol. The summed E-state index contributed by atoms with van der Waals surface area (Å²) in [7, 11) is 1.27. The van der Waals surface area contributed by atoms with Gasteiger partial charge < -0.3 is 24.6 Å². The molecule has 1 saturated heterocycles. The Morgan fingerprint density at radius 3 is 2.29 bits per heavy atom. The molecule has 1 amide bonds. The molecule has 2 heterocycles. The van der Waals surface area contributed by atoms with Crippen molar-refractivity contribution in [2.75, 3.05) is 33.3 Å². The topological polar surface area (TPSA) is 103 Å². The Kier molecular flexibility index (Phi) is 7.61. The number of likely N-dealkylation sites (N-methyl/N-ethyl adjacent to an activating group) is 1. The lowest BCUT2D eigenvalue weighted by molar-refractivity contribution is -0.140. The third-order valence-corrected chi connectivity index (χ3v) is 6.55. The van der Waals surface area contributed by atoms with Crippen molar-refractivity contribution in [2.24, 2.45) is 0 Å². The standard InChI is InChI=1S/C26H33N3O5/c1-7-28(8-2)13-14-29-22(18-11-9-15(3)10-12-18)20(24(31)25(29)32)23(30)19-16(4)21(26(33)34-6)27-17(19)5/h9-12,22,27,30H,7-8,13-14H2,1-6H3. The number of carbonyl (C=O) groups excluding carboxylic acids is 3. The molecule has 0 aliphatic carbocycles. The fourth-order valence-electron chi connectivity index (χ4n) is 4.54. The number of aliphatic hydroxyl groups excluding tert-OH is 1. The van der Waals surface area contributed by atoms with Gasteiger partial charge >= 0.3 is 5.97 Å². The van der Waals surface area contributed by atoms with E-state index in [9.17, 15) is 19.5 Å². The molecule has 8 heteroatoms. The van der Waals surface area contributed by atoms with E-state index in [4.69, 9.17) is 4.74 Å². The number of rotatable bonds is 8. The summed E-state index contributed by atoms with van der Waals surface area (Å²) in [6.45, 7) is 12.0. The van der Waals surface area contributed by atoms with Crippen LogP contribution in [0.25, 0.3) is 5.76 Å². The molecule has 1 aromatic heterocycles. The minimum Gasteiger partial charge on any atom is -0.507 e. The SMILES string of the molecule is CCN(CC)CCN1C(=O)C(=O)C(=C(O)c2c(C)[nH]c(C(=O)OC)c2C)C1c1ccc(C)cc1. The number of Topliss-reactive ketones (excluding diaryl/α,β-unsaturated/α-hetero) is 1. The third-order valence-electron chi connectivity index (χ3n) is 6.55. The predicted octanol–water partition coefficient (Wildman–Crippen LogP) is 3.49. The monoisotopic (exact) mass is 467 g/mol. The molecular weight excluding hydrogens is 434 g/mol. The molecule has 1 fully saturated rings. The zero-order chi connectivity index (χ0) is 25.2. The molecule has 1 atom stereocenters. The second-order valence-electron chi connectivity index (χ2n) is 8.55. The summed E-state index contributed by atoms with van der Waals surface area (Å²) in [6.07, 6.45) is 0. The molecule has 0 spiro atoms. The summed E-state index contributed by atoms with van der Waals surface area (Å²) < 4.78 is 4.82. The van der Waals surface area contributed by atoms with Gasteiger partial charge in [0.05, 0.1) is 18.7 Å². The molecule has 8 nitrogen and oxygen atoms in total. The summed E-state index contributed by atoms with van der Waals surface area (Å²) >= 11 is 0. The number of esters is 1. The Morgan fingerprint density at radius 2 is 1.74 bits per heavy atom. The van der Waals surface area contributed by atoms with Crippen molar-refractivity contribution in [3.8, 4) is 0 Å². The molecule has 3 rings (SSSR count). The van der Waals surface area contributed by atoms with E-state index in [0.717, 1.165) is 24.2 Å². The van der Waals surface area contributed by atoms with Gasteiger partial charge in [-0.15, -0.1) is 0 Å². The number of aliphatic hydroxyl groups is 1. The van der Waals surface area contributed by atoms with E-state index < -0.39 is 23.7 Å². The fourth-order valence-corrected chi connectivity index (χ4v) is 4.54. The number of methoxy groups -OCH3 is 1. The third kappa shape index (κ3) is 4.50. The van der Waals surface area contributed by atoms with Crippen molar-refractivity contribution < 1.29 is 24.2 Å². The van der Waals surface area contributed by atoms with E-state index in [1.54, 1.807) is 13.8 Å². The lowest BCUT2D eigenvalue weighted by Gasteiger charge is -2.28. The number of benzene rings is 1. The van der Waals surface area contributed by atoms with Crippen LogP contribution in [-0.2, 0) is 14.3 Å². The highest BCUT2D eigenvalue weighted by atomic mass is 16.5. The highest BCUT2D eigenvalue weighted by molar-refractivity contribution is 6.46. The first-order chi connectivity index (χ1) is 16.2. The van der Waals surface area contributed by atoms with Gasteiger partial charge in [0.2, 0.25) is 0 Å². The Bertz CT molecular complexity index is 1130. The van der Waals surface area contributed by atoms with Crippen LogP contribution >= 0.6 is 0 Å². The number of likely N-dealkylation sites (tertiary alicyclic amines) is 1. The lowest BCUT2D eigenvalue weighted by atomic mass is 9.93. The van der Waals surface area contributed by atoms with Crippen LogP contribution in [0.3, 0.4) is 0 Å². The minimum absolute atomic E-state index is 0.0232. The number of aryl methyl sites for hydroxylation is 2. The number of hydrogen-bond donors (Lipinski definition) is 2. The number of aromatic nitrogens is 1. The molecule has 182 valence electrons. The smallest absolute Gasteiger partial charge is 0.354 e. The van der Waals surface area contributed by atoms with Gasteiger partial charge in [-0.2, -0.15) is 0 Å². The van der Waals surface area contributed by atoms with Gasteiger partial charge in [-0.1, -0.05) is 43.7 Å². The van der Waals surface area contributed by atoms with Crippen LogP contribution in [-0.4, -0.2) is 70.8 Å². The summed E-state index contributed by atoms with van der Waals surface area (Å²) in [5.74, 6) is -2.24. The molecule has 2 N–H and O–H groups in total. The van der Waals surface area contributed by atoms with Crippen LogP contribution in [0.2, 0.25) is 0 Å². The second kappa shape index (κ2) is 10.3. The maximum absolute atomic E-state index is 13.3. The number of hydrogen-bond acceptors (Lipinski definition) is 6. The lowest BCUT2D eigenvalue weighted by Crippen LogP contribution is -2.38.